The van der Waals surface area contributed by atoms with Gasteiger partial charge in [0.05, 0.1) is 6.20 Å². The summed E-state index contributed by atoms with van der Waals surface area (Å²) in [5, 5.41) is 3.21. The summed E-state index contributed by atoms with van der Waals surface area (Å²) < 4.78 is 13.0. The molecule has 90 valence electrons. The summed E-state index contributed by atoms with van der Waals surface area (Å²) in [4.78, 5) is 3.88. The van der Waals surface area contributed by atoms with Crippen LogP contribution >= 0.6 is 0 Å². The van der Waals surface area contributed by atoms with Gasteiger partial charge in [0.15, 0.2) is 0 Å². The molecule has 0 amide bonds. The average Bonchev–Trinajstić information content (AvgIpc) is 2.24. The van der Waals surface area contributed by atoms with E-state index in [2.05, 4.69) is 24.1 Å². The Morgan fingerprint density at radius 2 is 2.06 bits per heavy atom. The molecule has 1 heterocycles. The Labute approximate surface area is 97.3 Å². The Morgan fingerprint density at radius 3 is 2.62 bits per heavy atom. The van der Waals surface area contributed by atoms with Gasteiger partial charge in [0.25, 0.3) is 0 Å². The molecule has 1 aromatic heterocycles. The van der Waals surface area contributed by atoms with Crippen LogP contribution in [0.1, 0.15) is 44.7 Å². The molecule has 0 saturated carbocycles. The first-order valence-electron chi connectivity index (χ1n) is 5.91. The highest BCUT2D eigenvalue weighted by Gasteiger charge is 2.10. The molecule has 0 fully saturated rings. The highest BCUT2D eigenvalue weighted by molar-refractivity contribution is 5.14. The number of rotatable bonds is 6. The fourth-order valence-corrected chi connectivity index (χ4v) is 1.83. The number of aromatic nitrogens is 1. The lowest BCUT2D eigenvalue weighted by Gasteiger charge is -2.16. The van der Waals surface area contributed by atoms with Crippen molar-refractivity contribution in [3.05, 3.63) is 29.8 Å². The molecule has 1 atom stereocenters. The van der Waals surface area contributed by atoms with Gasteiger partial charge >= 0.3 is 0 Å². The van der Waals surface area contributed by atoms with E-state index in [9.17, 15) is 4.39 Å². The second kappa shape index (κ2) is 6.59. The average molecular weight is 224 g/mol. The minimum Gasteiger partial charge on any atom is -0.313 e. The molecule has 2 nitrogen and oxygen atoms in total. The number of pyridine rings is 1. The SMILES string of the molecule is CNC(CCCC(C)C)c1cncc(F)c1. The predicted molar refractivity (Wildman–Crippen MR) is 64.7 cm³/mol. The standard InChI is InChI=1S/C13H21FN2/c1-10(2)5-4-6-13(15-3)11-7-12(14)9-16-8-11/h7-10,13,15H,4-6H2,1-3H3. The van der Waals surface area contributed by atoms with Gasteiger partial charge in [-0.15, -0.1) is 0 Å². The minimum absolute atomic E-state index is 0.210. The largest absolute Gasteiger partial charge is 0.313 e. The van der Waals surface area contributed by atoms with E-state index in [4.69, 9.17) is 0 Å². The molecule has 1 N–H and O–H groups in total. The fourth-order valence-electron chi connectivity index (χ4n) is 1.83. The summed E-state index contributed by atoms with van der Waals surface area (Å²) in [5.74, 6) is 0.463. The van der Waals surface area contributed by atoms with Gasteiger partial charge in [0, 0.05) is 12.2 Å². The van der Waals surface area contributed by atoms with Crippen molar-refractivity contribution in [1.82, 2.24) is 10.3 Å². The van der Waals surface area contributed by atoms with Crippen LogP contribution in [-0.4, -0.2) is 12.0 Å². The minimum atomic E-state index is -0.262. The summed E-state index contributed by atoms with van der Waals surface area (Å²) in [6.07, 6.45) is 6.37. The van der Waals surface area contributed by atoms with Gasteiger partial charge in [-0.05, 0) is 31.0 Å². The summed E-state index contributed by atoms with van der Waals surface area (Å²) >= 11 is 0. The van der Waals surface area contributed by atoms with Crippen molar-refractivity contribution in [2.45, 2.75) is 39.2 Å². The molecular weight excluding hydrogens is 203 g/mol. The molecule has 1 rings (SSSR count). The normalized spacial score (nSPS) is 13.1. The number of hydrogen-bond acceptors (Lipinski definition) is 2. The molecular formula is C13H21FN2. The van der Waals surface area contributed by atoms with Crippen LogP contribution in [0.25, 0.3) is 0 Å². The summed E-state index contributed by atoms with van der Waals surface area (Å²) in [6, 6.07) is 1.77. The van der Waals surface area contributed by atoms with Crippen LogP contribution in [0.3, 0.4) is 0 Å². The zero-order valence-electron chi connectivity index (χ0n) is 10.3. The van der Waals surface area contributed by atoms with E-state index in [0.717, 1.165) is 24.3 Å². The van der Waals surface area contributed by atoms with Crippen molar-refractivity contribution in [2.24, 2.45) is 5.92 Å². The van der Waals surface area contributed by atoms with Crippen LogP contribution in [0.4, 0.5) is 4.39 Å². The van der Waals surface area contributed by atoms with E-state index < -0.39 is 0 Å². The maximum atomic E-state index is 13.0. The molecule has 0 saturated heterocycles. The van der Waals surface area contributed by atoms with Crippen molar-refractivity contribution in [3.63, 3.8) is 0 Å². The molecule has 0 bridgehead atoms. The first kappa shape index (κ1) is 13.1. The van der Waals surface area contributed by atoms with Crippen LogP contribution in [0.15, 0.2) is 18.5 Å². The quantitative estimate of drug-likeness (QED) is 0.802. The second-order valence-corrected chi connectivity index (χ2v) is 4.60. The van der Waals surface area contributed by atoms with Crippen LogP contribution in [0.5, 0.6) is 0 Å². The first-order valence-corrected chi connectivity index (χ1v) is 5.91. The third kappa shape index (κ3) is 4.27. The highest BCUT2D eigenvalue weighted by atomic mass is 19.1. The van der Waals surface area contributed by atoms with Crippen LogP contribution in [0.2, 0.25) is 0 Å². The second-order valence-electron chi connectivity index (χ2n) is 4.60. The van der Waals surface area contributed by atoms with Gasteiger partial charge in [-0.1, -0.05) is 26.7 Å². The van der Waals surface area contributed by atoms with Crippen LogP contribution in [-0.2, 0) is 0 Å². The van der Waals surface area contributed by atoms with Crippen LogP contribution in [0, 0.1) is 11.7 Å². The smallest absolute Gasteiger partial charge is 0.141 e. The maximum Gasteiger partial charge on any atom is 0.141 e. The topological polar surface area (TPSA) is 24.9 Å². The summed E-state index contributed by atoms with van der Waals surface area (Å²) in [7, 11) is 1.91. The van der Waals surface area contributed by atoms with Crippen molar-refractivity contribution >= 4 is 0 Å². The highest BCUT2D eigenvalue weighted by Crippen LogP contribution is 2.20. The zero-order valence-corrected chi connectivity index (χ0v) is 10.3. The Balaban J connectivity index is 2.53. The molecule has 0 spiro atoms. The molecule has 1 unspecified atom stereocenters. The summed E-state index contributed by atoms with van der Waals surface area (Å²) in [5.41, 5.74) is 0.936. The van der Waals surface area contributed by atoms with E-state index in [1.807, 2.05) is 7.05 Å². The lowest BCUT2D eigenvalue weighted by Crippen LogP contribution is -2.16. The molecule has 1 aromatic rings. The Hall–Kier alpha value is -0.960. The Bertz CT molecular complexity index is 313. The first-order chi connectivity index (χ1) is 7.63. The molecule has 0 aliphatic heterocycles. The monoisotopic (exact) mass is 224 g/mol. The van der Waals surface area contributed by atoms with Gasteiger partial charge in [-0.3, -0.25) is 4.98 Å². The Morgan fingerprint density at radius 1 is 1.31 bits per heavy atom. The summed E-state index contributed by atoms with van der Waals surface area (Å²) in [6.45, 7) is 4.44. The van der Waals surface area contributed by atoms with E-state index in [0.29, 0.717) is 0 Å². The maximum absolute atomic E-state index is 13.0. The van der Waals surface area contributed by atoms with E-state index in [1.54, 1.807) is 12.3 Å². The van der Waals surface area contributed by atoms with Crippen molar-refractivity contribution in [3.8, 4) is 0 Å². The number of halogens is 1. The third-order valence-electron chi connectivity index (χ3n) is 2.75. The van der Waals surface area contributed by atoms with Gasteiger partial charge in [0.2, 0.25) is 0 Å². The van der Waals surface area contributed by atoms with Crippen LogP contribution < -0.4 is 5.32 Å². The van der Waals surface area contributed by atoms with Gasteiger partial charge in [-0.2, -0.15) is 0 Å². The van der Waals surface area contributed by atoms with E-state index in [-0.39, 0.29) is 11.9 Å². The van der Waals surface area contributed by atoms with E-state index in [1.165, 1.54) is 12.6 Å². The lowest BCUT2D eigenvalue weighted by molar-refractivity contribution is 0.468. The molecule has 0 aromatic carbocycles. The van der Waals surface area contributed by atoms with Crippen molar-refractivity contribution in [1.29, 1.82) is 0 Å². The van der Waals surface area contributed by atoms with Gasteiger partial charge in [0.1, 0.15) is 5.82 Å². The number of nitrogens with zero attached hydrogens (tertiary/aromatic N) is 1. The molecule has 0 radical (unpaired) electrons. The lowest BCUT2D eigenvalue weighted by atomic mass is 9.99. The zero-order chi connectivity index (χ0) is 12.0. The molecule has 3 heteroatoms. The molecule has 0 aliphatic carbocycles. The van der Waals surface area contributed by atoms with Crippen molar-refractivity contribution in [2.75, 3.05) is 7.05 Å². The van der Waals surface area contributed by atoms with E-state index >= 15 is 0 Å². The third-order valence-corrected chi connectivity index (χ3v) is 2.75. The van der Waals surface area contributed by atoms with Gasteiger partial charge < -0.3 is 5.32 Å². The Kier molecular flexibility index (Phi) is 5.39. The molecule has 16 heavy (non-hydrogen) atoms. The van der Waals surface area contributed by atoms with Gasteiger partial charge in [-0.25, -0.2) is 4.39 Å². The fraction of sp³-hybridized carbons (Fsp3) is 0.615. The number of nitrogens with one attached hydrogen (secondary N) is 1. The van der Waals surface area contributed by atoms with Crippen molar-refractivity contribution < 1.29 is 4.39 Å². The number of hydrogen-bond donors (Lipinski definition) is 1. The predicted octanol–water partition coefficient (Wildman–Crippen LogP) is 3.31. The molecule has 0 aliphatic rings.